The van der Waals surface area contributed by atoms with Gasteiger partial charge in [-0.2, -0.15) is 0 Å². The Labute approximate surface area is 68.5 Å². The van der Waals surface area contributed by atoms with Gasteiger partial charge in [0.05, 0.1) is 12.7 Å². The maximum Gasteiger partial charge on any atom is 0.0639 e. The average molecular weight is 158 g/mol. The second kappa shape index (κ2) is 4.04. The van der Waals surface area contributed by atoms with Crippen molar-refractivity contribution in [2.75, 3.05) is 13.2 Å². The zero-order chi connectivity index (χ0) is 8.27. The van der Waals surface area contributed by atoms with E-state index in [0.29, 0.717) is 12.1 Å². The Balaban J connectivity index is 2.15. The van der Waals surface area contributed by atoms with Crippen molar-refractivity contribution in [3.05, 3.63) is 0 Å². The molecule has 2 N–H and O–H groups in total. The molecule has 0 aromatic rings. The van der Waals surface area contributed by atoms with Crippen LogP contribution in [0.25, 0.3) is 0 Å². The van der Waals surface area contributed by atoms with E-state index >= 15 is 0 Å². The Hall–Kier alpha value is -0.120. The smallest absolute Gasteiger partial charge is 0.0639 e. The van der Waals surface area contributed by atoms with Crippen LogP contribution in [0.2, 0.25) is 0 Å². The molecule has 0 spiro atoms. The van der Waals surface area contributed by atoms with Crippen LogP contribution in [0.5, 0.6) is 0 Å². The third-order valence-corrected chi connectivity index (χ3v) is 2.04. The average Bonchev–Trinajstić information content (AvgIpc) is 2.31. The van der Waals surface area contributed by atoms with E-state index in [9.17, 15) is 0 Å². The van der Waals surface area contributed by atoms with Gasteiger partial charge < -0.3 is 4.74 Å². The standard InChI is InChI=1S/C8H18N2O/c1-7(2)11-6-8-4-3-5-10(8)9/h7-8H,3-6,9H2,1-2H3. The van der Waals surface area contributed by atoms with Crippen molar-refractivity contribution in [3.8, 4) is 0 Å². The Morgan fingerprint density at radius 2 is 2.36 bits per heavy atom. The first-order valence-corrected chi connectivity index (χ1v) is 4.33. The van der Waals surface area contributed by atoms with E-state index in [0.717, 1.165) is 13.2 Å². The summed E-state index contributed by atoms with van der Waals surface area (Å²) in [6.07, 6.45) is 2.72. The summed E-state index contributed by atoms with van der Waals surface area (Å²) in [6.45, 7) is 5.91. The summed E-state index contributed by atoms with van der Waals surface area (Å²) in [5.41, 5.74) is 0. The lowest BCUT2D eigenvalue weighted by Gasteiger charge is -2.19. The fourth-order valence-electron chi connectivity index (χ4n) is 1.34. The molecule has 1 saturated heterocycles. The first-order chi connectivity index (χ1) is 5.20. The van der Waals surface area contributed by atoms with Crippen LogP contribution in [0.1, 0.15) is 26.7 Å². The molecule has 1 rings (SSSR count). The second-order valence-corrected chi connectivity index (χ2v) is 3.42. The molecule has 0 amide bonds. The molecule has 0 saturated carbocycles. The van der Waals surface area contributed by atoms with E-state index in [2.05, 4.69) is 13.8 Å². The van der Waals surface area contributed by atoms with E-state index in [-0.39, 0.29) is 0 Å². The number of hydrazine groups is 1. The summed E-state index contributed by atoms with van der Waals surface area (Å²) in [7, 11) is 0. The van der Waals surface area contributed by atoms with Gasteiger partial charge in [0.2, 0.25) is 0 Å². The lowest BCUT2D eigenvalue weighted by molar-refractivity contribution is 0.0373. The first-order valence-electron chi connectivity index (χ1n) is 4.33. The Kier molecular flexibility index (Phi) is 3.30. The second-order valence-electron chi connectivity index (χ2n) is 3.42. The van der Waals surface area contributed by atoms with Gasteiger partial charge in [-0.05, 0) is 26.7 Å². The number of ether oxygens (including phenoxy) is 1. The molecule has 3 heteroatoms. The van der Waals surface area contributed by atoms with Crippen molar-refractivity contribution in [2.45, 2.75) is 38.8 Å². The molecule has 1 aliphatic heterocycles. The van der Waals surface area contributed by atoms with Crippen molar-refractivity contribution < 1.29 is 4.74 Å². The lowest BCUT2D eigenvalue weighted by Crippen LogP contribution is -2.39. The van der Waals surface area contributed by atoms with Crippen molar-refractivity contribution in [2.24, 2.45) is 5.84 Å². The molecule has 1 fully saturated rings. The van der Waals surface area contributed by atoms with E-state index in [1.54, 1.807) is 0 Å². The molecule has 1 unspecified atom stereocenters. The van der Waals surface area contributed by atoms with Crippen LogP contribution in [-0.2, 0) is 4.74 Å². The largest absolute Gasteiger partial charge is 0.377 e. The highest BCUT2D eigenvalue weighted by molar-refractivity contribution is 4.74. The van der Waals surface area contributed by atoms with Gasteiger partial charge in [-0.25, -0.2) is 5.01 Å². The van der Waals surface area contributed by atoms with Crippen molar-refractivity contribution >= 4 is 0 Å². The predicted octanol–water partition coefficient (Wildman–Crippen LogP) is 0.750. The van der Waals surface area contributed by atoms with Crippen LogP contribution in [0, 0.1) is 0 Å². The summed E-state index contributed by atoms with van der Waals surface area (Å²) >= 11 is 0. The van der Waals surface area contributed by atoms with E-state index in [1.807, 2.05) is 5.01 Å². The molecule has 66 valence electrons. The van der Waals surface area contributed by atoms with Crippen LogP contribution in [-0.4, -0.2) is 30.3 Å². The Morgan fingerprint density at radius 1 is 1.64 bits per heavy atom. The minimum atomic E-state index is 0.323. The quantitative estimate of drug-likeness (QED) is 0.616. The van der Waals surface area contributed by atoms with E-state index in [4.69, 9.17) is 10.6 Å². The van der Waals surface area contributed by atoms with E-state index < -0.39 is 0 Å². The summed E-state index contributed by atoms with van der Waals surface area (Å²) < 4.78 is 5.47. The van der Waals surface area contributed by atoms with Gasteiger partial charge in [0, 0.05) is 12.6 Å². The molecule has 3 nitrogen and oxygen atoms in total. The Morgan fingerprint density at radius 3 is 2.82 bits per heavy atom. The maximum absolute atomic E-state index is 5.72. The van der Waals surface area contributed by atoms with Gasteiger partial charge in [0.15, 0.2) is 0 Å². The van der Waals surface area contributed by atoms with Gasteiger partial charge in [-0.1, -0.05) is 0 Å². The van der Waals surface area contributed by atoms with Crippen molar-refractivity contribution in [3.63, 3.8) is 0 Å². The molecule has 0 aromatic carbocycles. The highest BCUT2D eigenvalue weighted by Crippen LogP contribution is 2.13. The third kappa shape index (κ3) is 2.77. The first kappa shape index (κ1) is 8.97. The molecule has 0 aromatic heterocycles. The van der Waals surface area contributed by atoms with Crippen LogP contribution >= 0.6 is 0 Å². The summed E-state index contributed by atoms with van der Waals surface area (Å²) in [4.78, 5) is 0. The van der Waals surface area contributed by atoms with Gasteiger partial charge >= 0.3 is 0 Å². The molecule has 0 aliphatic carbocycles. The highest BCUT2D eigenvalue weighted by Gasteiger charge is 2.21. The minimum Gasteiger partial charge on any atom is -0.377 e. The summed E-state index contributed by atoms with van der Waals surface area (Å²) in [5, 5.41) is 1.89. The fraction of sp³-hybridized carbons (Fsp3) is 1.00. The maximum atomic E-state index is 5.72. The van der Waals surface area contributed by atoms with Gasteiger partial charge in [0.25, 0.3) is 0 Å². The number of rotatable bonds is 3. The predicted molar refractivity (Wildman–Crippen MR) is 45.0 cm³/mol. The summed E-state index contributed by atoms with van der Waals surface area (Å²) in [5.74, 6) is 5.72. The zero-order valence-corrected chi connectivity index (χ0v) is 7.42. The molecular weight excluding hydrogens is 140 g/mol. The van der Waals surface area contributed by atoms with Gasteiger partial charge in [-0.3, -0.25) is 5.84 Å². The fourth-order valence-corrected chi connectivity index (χ4v) is 1.34. The minimum absolute atomic E-state index is 0.323. The molecule has 1 atom stereocenters. The van der Waals surface area contributed by atoms with Crippen LogP contribution < -0.4 is 5.84 Å². The highest BCUT2D eigenvalue weighted by atomic mass is 16.5. The van der Waals surface area contributed by atoms with Crippen LogP contribution in [0.4, 0.5) is 0 Å². The monoisotopic (exact) mass is 158 g/mol. The molecule has 11 heavy (non-hydrogen) atoms. The number of nitrogens with zero attached hydrogens (tertiary/aromatic N) is 1. The third-order valence-electron chi connectivity index (χ3n) is 2.04. The molecular formula is C8H18N2O. The van der Waals surface area contributed by atoms with Crippen LogP contribution in [0.3, 0.4) is 0 Å². The normalized spacial score (nSPS) is 26.7. The van der Waals surface area contributed by atoms with Crippen molar-refractivity contribution in [1.29, 1.82) is 0 Å². The number of hydrogen-bond donors (Lipinski definition) is 1. The number of hydrogen-bond acceptors (Lipinski definition) is 3. The van der Waals surface area contributed by atoms with Crippen molar-refractivity contribution in [1.82, 2.24) is 5.01 Å². The topological polar surface area (TPSA) is 38.5 Å². The summed E-state index contributed by atoms with van der Waals surface area (Å²) in [6, 6.07) is 0.456. The molecule has 0 bridgehead atoms. The van der Waals surface area contributed by atoms with Gasteiger partial charge in [0.1, 0.15) is 0 Å². The van der Waals surface area contributed by atoms with Gasteiger partial charge in [-0.15, -0.1) is 0 Å². The number of nitrogens with two attached hydrogens (primary N) is 1. The lowest BCUT2D eigenvalue weighted by atomic mass is 10.2. The Bertz CT molecular complexity index is 117. The van der Waals surface area contributed by atoms with E-state index in [1.165, 1.54) is 12.8 Å². The zero-order valence-electron chi connectivity index (χ0n) is 7.42. The molecule has 1 heterocycles. The molecule has 0 radical (unpaired) electrons. The SMILES string of the molecule is CC(C)OCC1CCCN1N. The molecule has 1 aliphatic rings. The van der Waals surface area contributed by atoms with Crippen LogP contribution in [0.15, 0.2) is 0 Å².